The molecule has 0 bridgehead atoms. The van der Waals surface area contributed by atoms with Crippen LogP contribution >= 0.6 is 0 Å². The molecule has 1 saturated carbocycles. The lowest BCUT2D eigenvalue weighted by Gasteiger charge is -2.22. The van der Waals surface area contributed by atoms with Gasteiger partial charge in [0.05, 0.1) is 11.9 Å². The number of carbonyl (C=O) groups is 1. The molecule has 1 aliphatic carbocycles. The van der Waals surface area contributed by atoms with E-state index in [1.807, 2.05) is 19.9 Å². The van der Waals surface area contributed by atoms with Crippen LogP contribution in [0.3, 0.4) is 0 Å². The topological polar surface area (TPSA) is 78.8 Å². The second-order valence-corrected chi connectivity index (χ2v) is 7.94. The van der Waals surface area contributed by atoms with Gasteiger partial charge in [0.1, 0.15) is 6.54 Å². The summed E-state index contributed by atoms with van der Waals surface area (Å²) >= 11 is 0. The first kappa shape index (κ1) is 17.5. The van der Waals surface area contributed by atoms with Gasteiger partial charge in [0, 0.05) is 5.71 Å². The summed E-state index contributed by atoms with van der Waals surface area (Å²) in [5.41, 5.74) is 5.82. The third-order valence-corrected chi connectivity index (χ3v) is 4.84. The Labute approximate surface area is 137 Å². The van der Waals surface area contributed by atoms with Crippen LogP contribution in [0, 0.1) is 13.8 Å². The lowest BCUT2D eigenvalue weighted by Crippen LogP contribution is -2.39. The van der Waals surface area contributed by atoms with Gasteiger partial charge in [-0.2, -0.15) is 5.10 Å². The first-order valence-corrected chi connectivity index (χ1v) is 9.51. The zero-order chi connectivity index (χ0) is 17.0. The van der Waals surface area contributed by atoms with Gasteiger partial charge >= 0.3 is 0 Å². The van der Waals surface area contributed by atoms with Gasteiger partial charge in [0.15, 0.2) is 0 Å². The Hall–Kier alpha value is -1.89. The van der Waals surface area contributed by atoms with E-state index in [4.69, 9.17) is 0 Å². The minimum Gasteiger partial charge on any atom is -0.271 e. The second kappa shape index (κ2) is 7.12. The van der Waals surface area contributed by atoms with Crippen LogP contribution in [0.4, 0.5) is 5.69 Å². The Morgan fingerprint density at radius 1 is 1.17 bits per heavy atom. The molecule has 0 unspecified atom stereocenters. The summed E-state index contributed by atoms with van der Waals surface area (Å²) in [7, 11) is -3.56. The van der Waals surface area contributed by atoms with Crippen molar-refractivity contribution in [2.45, 2.75) is 39.5 Å². The molecular weight excluding hydrogens is 314 g/mol. The van der Waals surface area contributed by atoms with Gasteiger partial charge in [-0.1, -0.05) is 6.07 Å². The van der Waals surface area contributed by atoms with Crippen LogP contribution in [0.25, 0.3) is 0 Å². The van der Waals surface area contributed by atoms with E-state index in [-0.39, 0.29) is 6.54 Å². The highest BCUT2D eigenvalue weighted by molar-refractivity contribution is 7.92. The number of hydrogen-bond donors (Lipinski definition) is 1. The fraction of sp³-hybridized carbons (Fsp3) is 0.500. The summed E-state index contributed by atoms with van der Waals surface area (Å²) in [5, 5.41) is 4.08. The van der Waals surface area contributed by atoms with Crippen molar-refractivity contribution in [2.75, 3.05) is 17.1 Å². The summed E-state index contributed by atoms with van der Waals surface area (Å²) in [5.74, 6) is -0.436. The van der Waals surface area contributed by atoms with Crippen molar-refractivity contribution in [1.29, 1.82) is 0 Å². The molecular formula is C16H23N3O3S. The Balaban J connectivity index is 2.16. The average Bonchev–Trinajstić information content (AvgIpc) is 2.93. The summed E-state index contributed by atoms with van der Waals surface area (Å²) in [6.07, 6.45) is 5.07. The Bertz CT molecular complexity index is 698. The van der Waals surface area contributed by atoms with Crippen molar-refractivity contribution in [3.05, 3.63) is 29.3 Å². The molecule has 0 aromatic heterocycles. The van der Waals surface area contributed by atoms with Crippen LogP contribution in [-0.4, -0.2) is 32.8 Å². The Morgan fingerprint density at radius 2 is 1.74 bits per heavy atom. The Kier molecular flexibility index (Phi) is 5.41. The van der Waals surface area contributed by atoms with Crippen molar-refractivity contribution in [3.63, 3.8) is 0 Å². The van der Waals surface area contributed by atoms with Crippen LogP contribution in [0.15, 0.2) is 23.3 Å². The van der Waals surface area contributed by atoms with Gasteiger partial charge in [-0.25, -0.2) is 13.8 Å². The van der Waals surface area contributed by atoms with Crippen LogP contribution in [0.5, 0.6) is 0 Å². The normalized spacial score (nSPS) is 14.7. The first-order valence-electron chi connectivity index (χ1n) is 7.66. The number of rotatable bonds is 5. The second-order valence-electron chi connectivity index (χ2n) is 6.04. The largest absolute Gasteiger partial charge is 0.271 e. The molecule has 0 saturated heterocycles. The average molecular weight is 337 g/mol. The van der Waals surface area contributed by atoms with Gasteiger partial charge in [-0.3, -0.25) is 9.10 Å². The summed E-state index contributed by atoms with van der Waals surface area (Å²) in [6, 6.07) is 5.46. The summed E-state index contributed by atoms with van der Waals surface area (Å²) < 4.78 is 25.2. The predicted molar refractivity (Wildman–Crippen MR) is 92.2 cm³/mol. The van der Waals surface area contributed by atoms with Gasteiger partial charge in [0.25, 0.3) is 5.91 Å². The SMILES string of the molecule is Cc1cc(C)cc(N(CC(=O)NN=C2CCCC2)S(C)(=O)=O)c1. The molecule has 1 fully saturated rings. The Morgan fingerprint density at radius 3 is 2.26 bits per heavy atom. The molecule has 0 spiro atoms. The molecule has 2 rings (SSSR count). The molecule has 7 heteroatoms. The van der Waals surface area contributed by atoms with E-state index >= 15 is 0 Å². The number of aryl methyl sites for hydroxylation is 2. The number of nitrogens with zero attached hydrogens (tertiary/aromatic N) is 2. The molecule has 0 heterocycles. The van der Waals surface area contributed by atoms with E-state index in [0.717, 1.165) is 53.1 Å². The van der Waals surface area contributed by atoms with Crippen molar-refractivity contribution in [3.8, 4) is 0 Å². The fourth-order valence-electron chi connectivity index (χ4n) is 2.70. The summed E-state index contributed by atoms with van der Waals surface area (Å²) in [4.78, 5) is 12.1. The molecule has 0 radical (unpaired) electrons. The fourth-order valence-corrected chi connectivity index (χ4v) is 3.54. The highest BCUT2D eigenvalue weighted by Gasteiger charge is 2.21. The van der Waals surface area contributed by atoms with E-state index in [1.54, 1.807) is 12.1 Å². The number of benzene rings is 1. The predicted octanol–water partition coefficient (Wildman–Crippen LogP) is 2.12. The van der Waals surface area contributed by atoms with Crippen LogP contribution < -0.4 is 9.73 Å². The van der Waals surface area contributed by atoms with Crippen LogP contribution in [0.1, 0.15) is 36.8 Å². The number of hydrogen-bond acceptors (Lipinski definition) is 4. The zero-order valence-corrected chi connectivity index (χ0v) is 14.6. The van der Waals surface area contributed by atoms with Crippen molar-refractivity contribution >= 4 is 27.3 Å². The highest BCUT2D eigenvalue weighted by Crippen LogP contribution is 2.21. The zero-order valence-electron chi connectivity index (χ0n) is 13.8. The molecule has 6 nitrogen and oxygen atoms in total. The lowest BCUT2D eigenvalue weighted by molar-refractivity contribution is -0.119. The van der Waals surface area contributed by atoms with E-state index in [0.29, 0.717) is 5.69 Å². The van der Waals surface area contributed by atoms with Gasteiger partial charge in [-0.05, 0) is 62.8 Å². The molecule has 0 atom stereocenters. The molecule has 1 aliphatic rings. The monoisotopic (exact) mass is 337 g/mol. The highest BCUT2D eigenvalue weighted by atomic mass is 32.2. The lowest BCUT2D eigenvalue weighted by atomic mass is 10.1. The maximum absolute atomic E-state index is 12.1. The molecule has 126 valence electrons. The number of amides is 1. The van der Waals surface area contributed by atoms with E-state index < -0.39 is 15.9 Å². The van der Waals surface area contributed by atoms with Crippen LogP contribution in [0.2, 0.25) is 0 Å². The molecule has 1 amide bonds. The van der Waals surface area contributed by atoms with Crippen molar-refractivity contribution in [1.82, 2.24) is 5.43 Å². The number of nitrogens with one attached hydrogen (secondary N) is 1. The third-order valence-electron chi connectivity index (χ3n) is 3.70. The maximum atomic E-state index is 12.1. The number of anilines is 1. The van der Waals surface area contributed by atoms with Crippen molar-refractivity contribution in [2.24, 2.45) is 5.10 Å². The van der Waals surface area contributed by atoms with Gasteiger partial charge in [-0.15, -0.1) is 0 Å². The number of hydrazone groups is 1. The standard InChI is InChI=1S/C16H23N3O3S/c1-12-8-13(2)10-15(9-12)19(23(3,21)22)11-16(20)18-17-14-6-4-5-7-14/h8-10H,4-7,11H2,1-3H3,(H,18,20). The third kappa shape index (κ3) is 5.06. The van der Waals surface area contributed by atoms with E-state index in [1.165, 1.54) is 0 Å². The van der Waals surface area contributed by atoms with Gasteiger partial charge in [0.2, 0.25) is 10.0 Å². The summed E-state index contributed by atoms with van der Waals surface area (Å²) in [6.45, 7) is 3.50. The minimum absolute atomic E-state index is 0.279. The molecule has 23 heavy (non-hydrogen) atoms. The first-order chi connectivity index (χ1) is 10.8. The number of carbonyl (C=O) groups excluding carboxylic acids is 1. The molecule has 0 aliphatic heterocycles. The maximum Gasteiger partial charge on any atom is 0.260 e. The molecule has 1 aromatic rings. The van der Waals surface area contributed by atoms with Crippen molar-refractivity contribution < 1.29 is 13.2 Å². The number of sulfonamides is 1. The van der Waals surface area contributed by atoms with Gasteiger partial charge < -0.3 is 0 Å². The minimum atomic E-state index is -3.56. The van der Waals surface area contributed by atoms with Crippen LogP contribution in [-0.2, 0) is 14.8 Å². The molecule has 1 aromatic carbocycles. The quantitative estimate of drug-likeness (QED) is 0.836. The van der Waals surface area contributed by atoms with E-state index in [2.05, 4.69) is 10.5 Å². The molecule has 1 N–H and O–H groups in total. The smallest absolute Gasteiger partial charge is 0.260 e. The van der Waals surface area contributed by atoms with E-state index in [9.17, 15) is 13.2 Å².